The zero-order valence-electron chi connectivity index (χ0n) is 12.4. The highest BCUT2D eigenvalue weighted by Crippen LogP contribution is 2.25. The minimum absolute atomic E-state index is 0.0975. The molecule has 6 nitrogen and oxygen atoms in total. The number of carbonyl (C=O) groups is 1. The van der Waals surface area contributed by atoms with E-state index in [2.05, 4.69) is 4.72 Å². The zero-order chi connectivity index (χ0) is 16.0. The standard InChI is InChI=1S/C14H21NO5S/c1-4-6-11(5-2)15-21(18,19)13-9-10(14(16)17)7-8-12(13)20-3/h7-9,11,15H,4-6H2,1-3H3,(H,16,17). The van der Waals surface area contributed by atoms with Gasteiger partial charge in [-0.2, -0.15) is 0 Å². The maximum absolute atomic E-state index is 12.4. The highest BCUT2D eigenvalue weighted by atomic mass is 32.2. The third kappa shape index (κ3) is 4.44. The van der Waals surface area contributed by atoms with E-state index in [9.17, 15) is 13.2 Å². The van der Waals surface area contributed by atoms with E-state index in [1.165, 1.54) is 19.2 Å². The number of nitrogens with one attached hydrogen (secondary N) is 1. The van der Waals surface area contributed by atoms with Gasteiger partial charge in [0.05, 0.1) is 12.7 Å². The Morgan fingerprint density at radius 1 is 1.38 bits per heavy atom. The molecule has 118 valence electrons. The third-order valence-corrected chi connectivity index (χ3v) is 4.69. The molecule has 1 atom stereocenters. The molecule has 0 saturated carbocycles. The van der Waals surface area contributed by atoms with E-state index >= 15 is 0 Å². The number of hydrogen-bond acceptors (Lipinski definition) is 4. The molecule has 0 aliphatic rings. The van der Waals surface area contributed by atoms with E-state index in [0.29, 0.717) is 6.42 Å². The third-order valence-electron chi connectivity index (χ3n) is 3.15. The SMILES string of the molecule is CCCC(CC)NS(=O)(=O)c1cc(C(=O)O)ccc1OC. The van der Waals surface area contributed by atoms with E-state index in [-0.39, 0.29) is 22.3 Å². The summed E-state index contributed by atoms with van der Waals surface area (Å²) in [7, 11) is -2.49. The van der Waals surface area contributed by atoms with E-state index in [1.807, 2.05) is 13.8 Å². The van der Waals surface area contributed by atoms with Gasteiger partial charge in [-0.05, 0) is 31.0 Å². The Hall–Kier alpha value is -1.60. The van der Waals surface area contributed by atoms with Gasteiger partial charge in [-0.3, -0.25) is 0 Å². The van der Waals surface area contributed by atoms with Crippen LogP contribution in [0.3, 0.4) is 0 Å². The highest BCUT2D eigenvalue weighted by molar-refractivity contribution is 7.89. The molecule has 0 heterocycles. The topological polar surface area (TPSA) is 92.7 Å². The van der Waals surface area contributed by atoms with Crippen LogP contribution in [0.25, 0.3) is 0 Å². The van der Waals surface area contributed by atoms with Crippen LogP contribution in [0, 0.1) is 0 Å². The number of aromatic carboxylic acids is 1. The summed E-state index contributed by atoms with van der Waals surface area (Å²) in [5.74, 6) is -1.06. The Morgan fingerprint density at radius 2 is 2.05 bits per heavy atom. The second-order valence-electron chi connectivity index (χ2n) is 4.69. The Kier molecular flexibility index (Phi) is 6.17. The van der Waals surface area contributed by atoms with Gasteiger partial charge < -0.3 is 9.84 Å². The lowest BCUT2D eigenvalue weighted by molar-refractivity contribution is 0.0696. The van der Waals surface area contributed by atoms with Crippen LogP contribution in [0.15, 0.2) is 23.1 Å². The molecule has 21 heavy (non-hydrogen) atoms. The number of carboxylic acids is 1. The van der Waals surface area contributed by atoms with Gasteiger partial charge in [0.15, 0.2) is 0 Å². The van der Waals surface area contributed by atoms with Crippen LogP contribution in [0.1, 0.15) is 43.5 Å². The molecule has 1 unspecified atom stereocenters. The molecule has 7 heteroatoms. The summed E-state index contributed by atoms with van der Waals surface area (Å²) in [6, 6.07) is 3.59. The van der Waals surface area contributed by atoms with Gasteiger partial charge in [0.2, 0.25) is 10.0 Å². The number of ether oxygens (including phenoxy) is 1. The van der Waals surface area contributed by atoms with Gasteiger partial charge in [-0.15, -0.1) is 0 Å². The van der Waals surface area contributed by atoms with Crippen molar-refractivity contribution < 1.29 is 23.1 Å². The second kappa shape index (κ2) is 7.42. The Bertz CT molecular complexity index is 597. The molecule has 0 saturated heterocycles. The molecule has 0 aliphatic heterocycles. The number of carboxylic acid groups (broad SMARTS) is 1. The average Bonchev–Trinajstić information content (AvgIpc) is 2.45. The molecule has 0 aliphatic carbocycles. The summed E-state index contributed by atoms with van der Waals surface area (Å²) in [6.07, 6.45) is 2.23. The van der Waals surface area contributed by atoms with Crippen molar-refractivity contribution in [2.75, 3.05) is 7.11 Å². The Labute approximate surface area is 125 Å². The van der Waals surface area contributed by atoms with Crippen molar-refractivity contribution in [3.05, 3.63) is 23.8 Å². The van der Waals surface area contributed by atoms with Crippen molar-refractivity contribution in [2.24, 2.45) is 0 Å². The van der Waals surface area contributed by atoms with Crippen LogP contribution in [0.5, 0.6) is 5.75 Å². The fraction of sp³-hybridized carbons (Fsp3) is 0.500. The molecule has 1 rings (SSSR count). The van der Waals surface area contributed by atoms with E-state index in [0.717, 1.165) is 18.9 Å². The molecular formula is C14H21NO5S. The number of benzene rings is 1. The van der Waals surface area contributed by atoms with Gasteiger partial charge in [0.25, 0.3) is 0 Å². The number of sulfonamides is 1. The Morgan fingerprint density at radius 3 is 2.52 bits per heavy atom. The van der Waals surface area contributed by atoms with Crippen LogP contribution in [-0.2, 0) is 10.0 Å². The predicted octanol–water partition coefficient (Wildman–Crippen LogP) is 2.25. The zero-order valence-corrected chi connectivity index (χ0v) is 13.2. The lowest BCUT2D eigenvalue weighted by Crippen LogP contribution is -2.34. The summed E-state index contributed by atoms with van der Waals surface area (Å²) < 4.78 is 32.5. The number of methoxy groups -OCH3 is 1. The smallest absolute Gasteiger partial charge is 0.335 e. The summed E-state index contributed by atoms with van der Waals surface area (Å²) in [6.45, 7) is 3.87. The first-order valence-corrected chi connectivity index (χ1v) is 8.27. The summed E-state index contributed by atoms with van der Waals surface area (Å²) in [5, 5.41) is 8.99. The first kappa shape index (κ1) is 17.5. The van der Waals surface area contributed by atoms with Crippen molar-refractivity contribution in [3.8, 4) is 5.75 Å². The molecular weight excluding hydrogens is 294 g/mol. The molecule has 0 fully saturated rings. The van der Waals surface area contributed by atoms with E-state index < -0.39 is 16.0 Å². The lowest BCUT2D eigenvalue weighted by atomic mass is 10.1. The molecule has 1 aromatic rings. The van der Waals surface area contributed by atoms with Crippen molar-refractivity contribution in [1.29, 1.82) is 0 Å². The fourth-order valence-electron chi connectivity index (χ4n) is 2.00. The quantitative estimate of drug-likeness (QED) is 0.767. The van der Waals surface area contributed by atoms with Gasteiger partial charge in [0, 0.05) is 6.04 Å². The maximum Gasteiger partial charge on any atom is 0.335 e. The van der Waals surface area contributed by atoms with Crippen LogP contribution < -0.4 is 9.46 Å². The maximum atomic E-state index is 12.4. The molecule has 0 aromatic heterocycles. The van der Waals surface area contributed by atoms with Crippen molar-refractivity contribution in [3.63, 3.8) is 0 Å². The largest absolute Gasteiger partial charge is 0.495 e. The first-order chi connectivity index (χ1) is 9.85. The van der Waals surface area contributed by atoms with Crippen molar-refractivity contribution in [1.82, 2.24) is 4.72 Å². The summed E-state index contributed by atoms with van der Waals surface area (Å²) in [5.41, 5.74) is -0.0975. The van der Waals surface area contributed by atoms with E-state index in [1.54, 1.807) is 0 Å². The van der Waals surface area contributed by atoms with Crippen LogP contribution in [0.2, 0.25) is 0 Å². The van der Waals surface area contributed by atoms with Crippen LogP contribution >= 0.6 is 0 Å². The highest BCUT2D eigenvalue weighted by Gasteiger charge is 2.24. The van der Waals surface area contributed by atoms with Crippen LogP contribution in [0.4, 0.5) is 0 Å². The molecule has 2 N–H and O–H groups in total. The van der Waals surface area contributed by atoms with Gasteiger partial charge in [0.1, 0.15) is 10.6 Å². The lowest BCUT2D eigenvalue weighted by Gasteiger charge is -2.17. The Balaban J connectivity index is 3.22. The normalized spacial score (nSPS) is 12.9. The monoisotopic (exact) mass is 315 g/mol. The molecule has 0 amide bonds. The summed E-state index contributed by atoms with van der Waals surface area (Å²) >= 11 is 0. The predicted molar refractivity (Wildman–Crippen MR) is 79.3 cm³/mol. The van der Waals surface area contributed by atoms with Gasteiger partial charge in [-0.1, -0.05) is 20.3 Å². The van der Waals surface area contributed by atoms with Crippen LogP contribution in [-0.4, -0.2) is 32.6 Å². The second-order valence-corrected chi connectivity index (χ2v) is 6.37. The minimum atomic E-state index is -3.83. The van der Waals surface area contributed by atoms with Crippen molar-refractivity contribution in [2.45, 2.75) is 44.0 Å². The van der Waals surface area contributed by atoms with E-state index in [4.69, 9.17) is 9.84 Å². The van der Waals surface area contributed by atoms with Crippen molar-refractivity contribution >= 4 is 16.0 Å². The summed E-state index contributed by atoms with van der Waals surface area (Å²) in [4.78, 5) is 10.9. The number of rotatable bonds is 8. The van der Waals surface area contributed by atoms with Gasteiger partial charge >= 0.3 is 5.97 Å². The number of hydrogen-bond donors (Lipinski definition) is 2. The molecule has 0 radical (unpaired) electrons. The first-order valence-electron chi connectivity index (χ1n) is 6.79. The fourth-order valence-corrected chi connectivity index (χ4v) is 3.55. The molecule has 0 bridgehead atoms. The molecule has 0 spiro atoms. The average molecular weight is 315 g/mol. The minimum Gasteiger partial charge on any atom is -0.495 e. The van der Waals surface area contributed by atoms with Gasteiger partial charge in [-0.25, -0.2) is 17.9 Å². The molecule has 1 aromatic carbocycles.